The second-order valence-electron chi connectivity index (χ2n) is 6.03. The molecule has 1 aliphatic heterocycles. The molecule has 1 aliphatic rings. The molecule has 0 N–H and O–H groups in total. The Morgan fingerprint density at radius 2 is 1.79 bits per heavy atom. The number of aryl methyl sites for hydroxylation is 1. The van der Waals surface area contributed by atoms with Crippen molar-refractivity contribution in [2.75, 3.05) is 16.4 Å². The number of anilines is 1. The highest BCUT2D eigenvalue weighted by Crippen LogP contribution is 2.29. The van der Waals surface area contributed by atoms with Crippen LogP contribution in [-0.2, 0) is 9.84 Å². The van der Waals surface area contributed by atoms with Gasteiger partial charge in [0, 0.05) is 16.3 Å². The van der Waals surface area contributed by atoms with E-state index in [4.69, 9.17) is 11.6 Å². The summed E-state index contributed by atoms with van der Waals surface area (Å²) in [5.74, 6) is -0.0858. The number of rotatable bonds is 3. The van der Waals surface area contributed by atoms with Crippen molar-refractivity contribution >= 4 is 33.0 Å². The van der Waals surface area contributed by atoms with Crippen LogP contribution in [0.3, 0.4) is 0 Å². The highest BCUT2D eigenvalue weighted by Gasteiger charge is 2.36. The Hall–Kier alpha value is -1.85. The molecular weight excluding hydrogens is 346 g/mol. The summed E-state index contributed by atoms with van der Waals surface area (Å²) in [6, 6.07) is 13.8. The first kappa shape index (κ1) is 17.0. The van der Waals surface area contributed by atoms with Gasteiger partial charge in [-0.1, -0.05) is 29.8 Å². The van der Waals surface area contributed by atoms with Crippen molar-refractivity contribution in [3.8, 4) is 0 Å². The molecule has 1 unspecified atom stereocenters. The van der Waals surface area contributed by atoms with Crippen molar-refractivity contribution in [1.29, 1.82) is 0 Å². The molecule has 0 radical (unpaired) electrons. The molecule has 126 valence electrons. The van der Waals surface area contributed by atoms with Crippen molar-refractivity contribution in [3.63, 3.8) is 0 Å². The Kier molecular flexibility index (Phi) is 4.65. The van der Waals surface area contributed by atoms with Crippen LogP contribution in [0.15, 0.2) is 48.5 Å². The summed E-state index contributed by atoms with van der Waals surface area (Å²) < 4.78 is 23.8. The summed E-state index contributed by atoms with van der Waals surface area (Å²) in [4.78, 5) is 14.7. The fraction of sp³-hybridized carbons (Fsp3) is 0.278. The molecule has 24 heavy (non-hydrogen) atoms. The number of sulfone groups is 1. The van der Waals surface area contributed by atoms with E-state index in [0.717, 1.165) is 11.3 Å². The number of halogens is 1. The third kappa shape index (κ3) is 3.47. The highest BCUT2D eigenvalue weighted by molar-refractivity contribution is 7.91. The quantitative estimate of drug-likeness (QED) is 0.838. The Morgan fingerprint density at radius 1 is 1.12 bits per heavy atom. The van der Waals surface area contributed by atoms with Gasteiger partial charge in [0.1, 0.15) is 0 Å². The van der Waals surface area contributed by atoms with Gasteiger partial charge in [0.2, 0.25) is 0 Å². The summed E-state index contributed by atoms with van der Waals surface area (Å²) in [5, 5.41) is 0.553. The van der Waals surface area contributed by atoms with Crippen LogP contribution in [0.4, 0.5) is 5.69 Å². The SMILES string of the molecule is Cc1ccccc1N(C(=O)c1ccc(Cl)cc1)C1CCS(=O)(=O)C1. The van der Waals surface area contributed by atoms with Crippen molar-refractivity contribution in [2.24, 2.45) is 0 Å². The fourth-order valence-electron chi connectivity index (χ4n) is 3.02. The molecule has 0 aromatic heterocycles. The van der Waals surface area contributed by atoms with Gasteiger partial charge in [-0.3, -0.25) is 4.79 Å². The van der Waals surface area contributed by atoms with Gasteiger partial charge < -0.3 is 4.90 Å². The van der Waals surface area contributed by atoms with E-state index in [1.807, 2.05) is 31.2 Å². The molecule has 0 saturated carbocycles. The standard InChI is InChI=1S/C18H18ClNO3S/c1-13-4-2-3-5-17(13)20(16-10-11-24(22,23)12-16)18(21)14-6-8-15(19)9-7-14/h2-9,16H,10-12H2,1H3. The van der Waals surface area contributed by atoms with E-state index in [2.05, 4.69) is 0 Å². The van der Waals surface area contributed by atoms with E-state index < -0.39 is 9.84 Å². The first-order valence-electron chi connectivity index (χ1n) is 7.72. The van der Waals surface area contributed by atoms with Crippen molar-refractivity contribution in [3.05, 3.63) is 64.7 Å². The lowest BCUT2D eigenvalue weighted by Crippen LogP contribution is -2.41. The predicted octanol–water partition coefficient (Wildman–Crippen LogP) is 3.48. The number of hydrogen-bond acceptors (Lipinski definition) is 3. The van der Waals surface area contributed by atoms with Crippen LogP contribution in [0, 0.1) is 6.92 Å². The van der Waals surface area contributed by atoms with Crippen LogP contribution in [0.1, 0.15) is 22.3 Å². The zero-order valence-corrected chi connectivity index (χ0v) is 14.8. The average molecular weight is 364 g/mol. The number of carbonyl (C=O) groups excluding carboxylic acids is 1. The number of hydrogen-bond donors (Lipinski definition) is 0. The van der Waals surface area contributed by atoms with Gasteiger partial charge in [-0.15, -0.1) is 0 Å². The van der Waals surface area contributed by atoms with Gasteiger partial charge in [-0.25, -0.2) is 8.42 Å². The number of benzene rings is 2. The van der Waals surface area contributed by atoms with Crippen molar-refractivity contribution in [1.82, 2.24) is 0 Å². The van der Waals surface area contributed by atoms with Crippen LogP contribution in [0.25, 0.3) is 0 Å². The summed E-state index contributed by atoms with van der Waals surface area (Å²) in [6.45, 7) is 1.92. The Morgan fingerprint density at radius 3 is 2.38 bits per heavy atom. The summed E-state index contributed by atoms with van der Waals surface area (Å²) in [7, 11) is -3.10. The Labute approximate surface area is 147 Å². The van der Waals surface area contributed by atoms with E-state index in [9.17, 15) is 13.2 Å². The van der Waals surface area contributed by atoms with E-state index in [1.54, 1.807) is 29.2 Å². The number of amides is 1. The second-order valence-corrected chi connectivity index (χ2v) is 8.69. The largest absolute Gasteiger partial charge is 0.304 e. The maximum atomic E-state index is 13.1. The van der Waals surface area contributed by atoms with Gasteiger partial charge in [-0.2, -0.15) is 0 Å². The van der Waals surface area contributed by atoms with E-state index in [0.29, 0.717) is 17.0 Å². The van der Waals surface area contributed by atoms with E-state index in [1.165, 1.54) is 0 Å². The van der Waals surface area contributed by atoms with Crippen LogP contribution in [0.5, 0.6) is 0 Å². The Balaban J connectivity index is 2.03. The van der Waals surface area contributed by atoms with Crippen molar-refractivity contribution < 1.29 is 13.2 Å². The second kappa shape index (κ2) is 6.57. The molecule has 2 aromatic carbocycles. The van der Waals surface area contributed by atoms with Gasteiger partial charge in [0.25, 0.3) is 5.91 Å². The summed E-state index contributed by atoms with van der Waals surface area (Å²) in [6.07, 6.45) is 0.454. The van der Waals surface area contributed by atoms with Gasteiger partial charge >= 0.3 is 0 Å². The monoisotopic (exact) mass is 363 g/mol. The van der Waals surface area contributed by atoms with Crippen LogP contribution in [0.2, 0.25) is 5.02 Å². The predicted molar refractivity (Wildman–Crippen MR) is 96.5 cm³/mol. The molecule has 0 spiro atoms. The lowest BCUT2D eigenvalue weighted by atomic mass is 10.1. The van der Waals surface area contributed by atoms with Crippen molar-refractivity contribution in [2.45, 2.75) is 19.4 Å². The molecule has 0 aliphatic carbocycles. The smallest absolute Gasteiger partial charge is 0.258 e. The number of nitrogens with zero attached hydrogens (tertiary/aromatic N) is 1. The third-order valence-corrected chi connectivity index (χ3v) is 6.26. The van der Waals surface area contributed by atoms with Crippen LogP contribution < -0.4 is 4.90 Å². The number of carbonyl (C=O) groups is 1. The molecule has 6 heteroatoms. The van der Waals surface area contributed by atoms with Gasteiger partial charge in [0.15, 0.2) is 9.84 Å². The topological polar surface area (TPSA) is 54.5 Å². The zero-order chi connectivity index (χ0) is 17.3. The van der Waals surface area contributed by atoms with E-state index in [-0.39, 0.29) is 23.5 Å². The molecular formula is C18H18ClNO3S. The fourth-order valence-corrected chi connectivity index (χ4v) is 4.84. The minimum atomic E-state index is -3.10. The maximum Gasteiger partial charge on any atom is 0.258 e. The van der Waals surface area contributed by atoms with Gasteiger partial charge in [0.05, 0.1) is 17.5 Å². The minimum Gasteiger partial charge on any atom is -0.304 e. The average Bonchev–Trinajstić information content (AvgIpc) is 2.90. The number of para-hydroxylation sites is 1. The Bertz CT molecular complexity index is 862. The molecule has 0 bridgehead atoms. The third-order valence-electron chi connectivity index (χ3n) is 4.26. The lowest BCUT2D eigenvalue weighted by molar-refractivity contribution is 0.0979. The molecule has 1 heterocycles. The minimum absolute atomic E-state index is 0.000659. The summed E-state index contributed by atoms with van der Waals surface area (Å²) >= 11 is 5.90. The maximum absolute atomic E-state index is 13.1. The molecule has 1 fully saturated rings. The van der Waals surface area contributed by atoms with Gasteiger partial charge in [-0.05, 0) is 49.2 Å². The van der Waals surface area contributed by atoms with Crippen LogP contribution >= 0.6 is 11.6 Å². The first-order valence-corrected chi connectivity index (χ1v) is 9.92. The molecule has 1 atom stereocenters. The molecule has 1 amide bonds. The van der Waals surface area contributed by atoms with Crippen LogP contribution in [-0.4, -0.2) is 31.9 Å². The molecule has 2 aromatic rings. The molecule has 4 nitrogen and oxygen atoms in total. The molecule has 3 rings (SSSR count). The summed E-state index contributed by atoms with van der Waals surface area (Å²) in [5.41, 5.74) is 2.18. The lowest BCUT2D eigenvalue weighted by Gasteiger charge is -2.30. The normalized spacial score (nSPS) is 19.2. The van der Waals surface area contributed by atoms with E-state index >= 15 is 0 Å². The first-order chi connectivity index (χ1) is 11.4. The highest BCUT2D eigenvalue weighted by atomic mass is 35.5. The zero-order valence-electron chi connectivity index (χ0n) is 13.3. The molecule has 1 saturated heterocycles.